The van der Waals surface area contributed by atoms with Gasteiger partial charge in [0.05, 0.1) is 6.61 Å². The molecule has 0 aromatic heterocycles. The molecule has 0 spiro atoms. The second-order valence-electron chi connectivity index (χ2n) is 3.22. The molecule has 0 unspecified atom stereocenters. The molecule has 1 aliphatic rings. The molecule has 13 heavy (non-hydrogen) atoms. The van der Waals surface area contributed by atoms with Crippen molar-refractivity contribution in [2.45, 2.75) is 20.3 Å². The van der Waals surface area contributed by atoms with Crippen LogP contribution in [0.1, 0.15) is 20.3 Å². The predicted octanol–water partition coefficient (Wildman–Crippen LogP) is 0.642. The molecule has 0 amide bonds. The summed E-state index contributed by atoms with van der Waals surface area (Å²) in [4.78, 5) is 4.67. The highest BCUT2D eigenvalue weighted by atomic mass is 16.3. The van der Waals surface area contributed by atoms with Crippen LogP contribution in [0.4, 0.5) is 0 Å². The largest absolute Gasteiger partial charge is 0.395 e. The molecule has 80 valence electrons. The molecule has 1 saturated heterocycles. The molecule has 0 aromatic rings. The molecule has 0 aromatic carbocycles. The Balaban J connectivity index is 0.000000671. The van der Waals surface area contributed by atoms with Crippen LogP contribution in [0.15, 0.2) is 0 Å². The number of nitrogens with zero attached hydrogens (tertiary/aromatic N) is 2. The van der Waals surface area contributed by atoms with Gasteiger partial charge in [-0.05, 0) is 26.6 Å². The van der Waals surface area contributed by atoms with Gasteiger partial charge in [0.1, 0.15) is 0 Å². The van der Waals surface area contributed by atoms with Crippen LogP contribution in [0.3, 0.4) is 0 Å². The van der Waals surface area contributed by atoms with Crippen molar-refractivity contribution in [1.29, 1.82) is 0 Å². The van der Waals surface area contributed by atoms with E-state index >= 15 is 0 Å². The summed E-state index contributed by atoms with van der Waals surface area (Å²) >= 11 is 0. The summed E-state index contributed by atoms with van der Waals surface area (Å²) in [5.74, 6) is 0. The third-order valence-corrected chi connectivity index (χ3v) is 2.23. The number of aliphatic hydroxyl groups is 1. The lowest BCUT2D eigenvalue weighted by Gasteiger charge is -2.18. The SMILES string of the molecule is CC.CN1CCCN(CCO)CC1. The highest BCUT2D eigenvalue weighted by Gasteiger charge is 2.10. The summed E-state index contributed by atoms with van der Waals surface area (Å²) in [6.07, 6.45) is 1.23. The third kappa shape index (κ3) is 6.02. The predicted molar refractivity (Wildman–Crippen MR) is 57.0 cm³/mol. The van der Waals surface area contributed by atoms with Gasteiger partial charge in [0, 0.05) is 19.6 Å². The maximum absolute atomic E-state index is 8.72. The quantitative estimate of drug-likeness (QED) is 0.689. The number of rotatable bonds is 2. The van der Waals surface area contributed by atoms with E-state index in [-0.39, 0.29) is 0 Å². The van der Waals surface area contributed by atoms with Crippen molar-refractivity contribution in [3.05, 3.63) is 0 Å². The van der Waals surface area contributed by atoms with Gasteiger partial charge < -0.3 is 10.0 Å². The molecule has 3 heteroatoms. The minimum Gasteiger partial charge on any atom is -0.395 e. The van der Waals surface area contributed by atoms with Crippen molar-refractivity contribution in [2.24, 2.45) is 0 Å². The lowest BCUT2D eigenvalue weighted by molar-refractivity contribution is 0.200. The standard InChI is InChI=1S/C8H18N2O.C2H6/c1-9-3-2-4-10(6-5-9)7-8-11;1-2/h11H,2-8H2,1H3;1-2H3. The lowest BCUT2D eigenvalue weighted by atomic mass is 10.4. The van der Waals surface area contributed by atoms with E-state index in [0.29, 0.717) is 6.61 Å². The summed E-state index contributed by atoms with van der Waals surface area (Å²) in [7, 11) is 2.16. The molecule has 1 rings (SSSR count). The maximum Gasteiger partial charge on any atom is 0.0558 e. The highest BCUT2D eigenvalue weighted by molar-refractivity contribution is 4.66. The van der Waals surface area contributed by atoms with Gasteiger partial charge in [-0.15, -0.1) is 0 Å². The first-order valence-corrected chi connectivity index (χ1v) is 5.34. The Hall–Kier alpha value is -0.120. The monoisotopic (exact) mass is 188 g/mol. The van der Waals surface area contributed by atoms with E-state index in [1.54, 1.807) is 0 Å². The maximum atomic E-state index is 8.72. The fraction of sp³-hybridized carbons (Fsp3) is 1.00. The van der Waals surface area contributed by atoms with E-state index in [4.69, 9.17) is 5.11 Å². The van der Waals surface area contributed by atoms with E-state index in [2.05, 4.69) is 16.8 Å². The van der Waals surface area contributed by atoms with E-state index in [1.807, 2.05) is 13.8 Å². The van der Waals surface area contributed by atoms with Crippen molar-refractivity contribution in [1.82, 2.24) is 9.80 Å². The minimum absolute atomic E-state index is 0.295. The number of likely N-dealkylation sites (N-methyl/N-ethyl adjacent to an activating group) is 1. The minimum atomic E-state index is 0.295. The van der Waals surface area contributed by atoms with E-state index in [9.17, 15) is 0 Å². The topological polar surface area (TPSA) is 26.7 Å². The molecule has 0 bridgehead atoms. The van der Waals surface area contributed by atoms with Gasteiger partial charge in [0.15, 0.2) is 0 Å². The second kappa shape index (κ2) is 8.48. The van der Waals surface area contributed by atoms with Crippen molar-refractivity contribution in [2.75, 3.05) is 46.4 Å². The van der Waals surface area contributed by atoms with Crippen LogP contribution < -0.4 is 0 Å². The molecule has 1 N–H and O–H groups in total. The Morgan fingerprint density at radius 2 is 1.77 bits per heavy atom. The first-order valence-electron chi connectivity index (χ1n) is 5.34. The van der Waals surface area contributed by atoms with Crippen LogP contribution in [-0.4, -0.2) is 61.3 Å². The van der Waals surface area contributed by atoms with Crippen molar-refractivity contribution < 1.29 is 5.11 Å². The van der Waals surface area contributed by atoms with Gasteiger partial charge in [-0.25, -0.2) is 0 Å². The van der Waals surface area contributed by atoms with Crippen LogP contribution in [0.25, 0.3) is 0 Å². The van der Waals surface area contributed by atoms with Gasteiger partial charge in [0.25, 0.3) is 0 Å². The van der Waals surface area contributed by atoms with E-state index < -0.39 is 0 Å². The zero-order chi connectivity index (χ0) is 10.1. The normalized spacial score (nSPS) is 20.3. The Kier molecular flexibility index (Phi) is 8.40. The van der Waals surface area contributed by atoms with Crippen molar-refractivity contribution in [3.8, 4) is 0 Å². The van der Waals surface area contributed by atoms with Crippen LogP contribution in [0, 0.1) is 0 Å². The molecule has 0 atom stereocenters. The number of hydrogen-bond acceptors (Lipinski definition) is 3. The van der Waals surface area contributed by atoms with E-state index in [0.717, 1.165) is 26.2 Å². The van der Waals surface area contributed by atoms with Gasteiger partial charge in [0.2, 0.25) is 0 Å². The number of aliphatic hydroxyl groups excluding tert-OH is 1. The number of β-amino-alcohol motifs (C(OH)–C–C–N with tert-alkyl or cyclic N) is 1. The molecule has 3 nitrogen and oxygen atoms in total. The molecular formula is C10H24N2O. The summed E-state index contributed by atoms with van der Waals surface area (Å²) in [6.45, 7) is 9.72. The zero-order valence-electron chi connectivity index (χ0n) is 9.29. The number of hydrogen-bond donors (Lipinski definition) is 1. The molecule has 1 fully saturated rings. The van der Waals surface area contributed by atoms with Crippen molar-refractivity contribution in [3.63, 3.8) is 0 Å². The smallest absolute Gasteiger partial charge is 0.0558 e. The summed E-state index contributed by atoms with van der Waals surface area (Å²) in [5, 5.41) is 8.72. The second-order valence-corrected chi connectivity index (χ2v) is 3.22. The fourth-order valence-electron chi connectivity index (χ4n) is 1.47. The Morgan fingerprint density at radius 1 is 1.08 bits per heavy atom. The van der Waals surface area contributed by atoms with Crippen LogP contribution in [0.5, 0.6) is 0 Å². The van der Waals surface area contributed by atoms with Crippen LogP contribution in [-0.2, 0) is 0 Å². The first-order chi connectivity index (χ1) is 6.33. The third-order valence-electron chi connectivity index (χ3n) is 2.23. The van der Waals surface area contributed by atoms with Gasteiger partial charge in [-0.3, -0.25) is 4.90 Å². The van der Waals surface area contributed by atoms with E-state index in [1.165, 1.54) is 13.0 Å². The average molecular weight is 188 g/mol. The molecule has 1 heterocycles. The fourth-order valence-corrected chi connectivity index (χ4v) is 1.47. The molecule has 1 aliphatic heterocycles. The average Bonchev–Trinajstić information content (AvgIpc) is 2.36. The molecule has 0 saturated carbocycles. The Bertz CT molecular complexity index is 109. The molecule has 0 aliphatic carbocycles. The van der Waals surface area contributed by atoms with Crippen molar-refractivity contribution >= 4 is 0 Å². The summed E-state index contributed by atoms with van der Waals surface area (Å²) in [5.41, 5.74) is 0. The zero-order valence-corrected chi connectivity index (χ0v) is 9.29. The highest BCUT2D eigenvalue weighted by Crippen LogP contribution is 1.99. The summed E-state index contributed by atoms with van der Waals surface area (Å²) < 4.78 is 0. The Labute approximate surface area is 82.3 Å². The Morgan fingerprint density at radius 3 is 2.38 bits per heavy atom. The molecule has 0 radical (unpaired) electrons. The first kappa shape index (κ1) is 12.9. The van der Waals surface area contributed by atoms with Gasteiger partial charge >= 0.3 is 0 Å². The summed E-state index contributed by atoms with van der Waals surface area (Å²) in [6, 6.07) is 0. The van der Waals surface area contributed by atoms with Crippen LogP contribution in [0.2, 0.25) is 0 Å². The molecular weight excluding hydrogens is 164 g/mol. The van der Waals surface area contributed by atoms with Gasteiger partial charge in [-0.1, -0.05) is 13.8 Å². The van der Waals surface area contributed by atoms with Crippen LogP contribution >= 0.6 is 0 Å². The lowest BCUT2D eigenvalue weighted by Crippen LogP contribution is -2.31. The van der Waals surface area contributed by atoms with Gasteiger partial charge in [-0.2, -0.15) is 0 Å².